The standard InChI is InChI=1S/C15H24N2/c1-12-5-6-14(13(2)9-12)10-15(16)7-4-8-17(3)11-15/h5-6,9H,4,7-8,10-11,16H2,1-3H3. The van der Waals surface area contributed by atoms with E-state index in [2.05, 4.69) is 44.0 Å². The van der Waals surface area contributed by atoms with Crippen LogP contribution in [0.4, 0.5) is 0 Å². The van der Waals surface area contributed by atoms with Gasteiger partial charge in [0.25, 0.3) is 0 Å². The van der Waals surface area contributed by atoms with Crippen LogP contribution in [0.2, 0.25) is 0 Å². The minimum absolute atomic E-state index is 0.0347. The van der Waals surface area contributed by atoms with Crippen LogP contribution in [0.25, 0.3) is 0 Å². The SMILES string of the molecule is Cc1ccc(CC2(N)CCCN(C)C2)c(C)c1. The molecule has 1 saturated heterocycles. The Labute approximate surface area is 105 Å². The first kappa shape index (κ1) is 12.6. The molecule has 1 aliphatic heterocycles. The Kier molecular flexibility index (Phi) is 3.55. The van der Waals surface area contributed by atoms with Gasteiger partial charge in [-0.3, -0.25) is 0 Å². The summed E-state index contributed by atoms with van der Waals surface area (Å²) < 4.78 is 0. The Morgan fingerprint density at radius 3 is 2.76 bits per heavy atom. The summed E-state index contributed by atoms with van der Waals surface area (Å²) in [4.78, 5) is 2.35. The number of piperidine rings is 1. The van der Waals surface area contributed by atoms with Gasteiger partial charge < -0.3 is 10.6 Å². The summed E-state index contributed by atoms with van der Waals surface area (Å²) >= 11 is 0. The number of nitrogens with zero attached hydrogens (tertiary/aromatic N) is 1. The van der Waals surface area contributed by atoms with Crippen molar-refractivity contribution in [1.29, 1.82) is 0 Å². The average molecular weight is 232 g/mol. The predicted octanol–water partition coefficient (Wildman–Crippen LogP) is 2.27. The van der Waals surface area contributed by atoms with Crippen LogP contribution in [0, 0.1) is 13.8 Å². The van der Waals surface area contributed by atoms with Crippen molar-refractivity contribution in [2.45, 2.75) is 38.6 Å². The van der Waals surface area contributed by atoms with Gasteiger partial charge in [-0.2, -0.15) is 0 Å². The van der Waals surface area contributed by atoms with E-state index >= 15 is 0 Å². The molecule has 0 aromatic heterocycles. The predicted molar refractivity (Wildman–Crippen MR) is 73.3 cm³/mol. The molecule has 1 fully saturated rings. The van der Waals surface area contributed by atoms with Crippen LogP contribution in [-0.4, -0.2) is 30.6 Å². The Balaban J connectivity index is 2.14. The van der Waals surface area contributed by atoms with Crippen molar-refractivity contribution in [1.82, 2.24) is 4.90 Å². The van der Waals surface area contributed by atoms with Gasteiger partial charge in [0.2, 0.25) is 0 Å². The highest BCUT2D eigenvalue weighted by atomic mass is 15.1. The zero-order valence-corrected chi connectivity index (χ0v) is 11.3. The molecule has 1 unspecified atom stereocenters. The van der Waals surface area contributed by atoms with Gasteiger partial charge in [-0.25, -0.2) is 0 Å². The summed E-state index contributed by atoms with van der Waals surface area (Å²) in [5, 5.41) is 0. The second-order valence-corrected chi connectivity index (χ2v) is 5.81. The van der Waals surface area contributed by atoms with Gasteiger partial charge in [0.1, 0.15) is 0 Å². The Hall–Kier alpha value is -0.860. The zero-order chi connectivity index (χ0) is 12.5. The molecule has 17 heavy (non-hydrogen) atoms. The second-order valence-electron chi connectivity index (χ2n) is 5.81. The van der Waals surface area contributed by atoms with E-state index in [-0.39, 0.29) is 5.54 Å². The van der Waals surface area contributed by atoms with E-state index in [9.17, 15) is 0 Å². The summed E-state index contributed by atoms with van der Waals surface area (Å²) in [5.41, 5.74) is 10.6. The minimum atomic E-state index is -0.0347. The van der Waals surface area contributed by atoms with E-state index < -0.39 is 0 Å². The van der Waals surface area contributed by atoms with Crippen molar-refractivity contribution in [3.8, 4) is 0 Å². The molecule has 0 radical (unpaired) electrons. The lowest BCUT2D eigenvalue weighted by molar-refractivity contribution is 0.178. The normalized spacial score (nSPS) is 26.1. The van der Waals surface area contributed by atoms with E-state index in [1.54, 1.807) is 0 Å². The number of likely N-dealkylation sites (N-methyl/N-ethyl adjacent to an activating group) is 1. The summed E-state index contributed by atoms with van der Waals surface area (Å²) in [6.07, 6.45) is 3.37. The second kappa shape index (κ2) is 4.79. The number of benzene rings is 1. The van der Waals surface area contributed by atoms with E-state index in [4.69, 9.17) is 5.73 Å². The maximum Gasteiger partial charge on any atom is 0.0324 e. The fraction of sp³-hybridized carbons (Fsp3) is 0.600. The summed E-state index contributed by atoms with van der Waals surface area (Å²) in [7, 11) is 2.17. The smallest absolute Gasteiger partial charge is 0.0324 e. The van der Waals surface area contributed by atoms with Gasteiger partial charge >= 0.3 is 0 Å². The zero-order valence-electron chi connectivity index (χ0n) is 11.3. The molecule has 1 aromatic rings. The topological polar surface area (TPSA) is 29.3 Å². The van der Waals surface area contributed by atoms with Gasteiger partial charge in [-0.15, -0.1) is 0 Å². The number of rotatable bonds is 2. The molecule has 2 rings (SSSR count). The maximum atomic E-state index is 6.55. The molecule has 0 saturated carbocycles. The lowest BCUT2D eigenvalue weighted by atomic mass is 9.83. The highest BCUT2D eigenvalue weighted by molar-refractivity contribution is 5.32. The number of hydrogen-bond acceptors (Lipinski definition) is 2. The third-order valence-electron chi connectivity index (χ3n) is 3.84. The summed E-state index contributed by atoms with van der Waals surface area (Å²) in [6, 6.07) is 6.69. The van der Waals surface area contributed by atoms with Gasteiger partial charge in [0.05, 0.1) is 0 Å². The fourth-order valence-corrected chi connectivity index (χ4v) is 2.96. The number of aryl methyl sites for hydroxylation is 2. The molecule has 94 valence electrons. The molecular weight excluding hydrogens is 208 g/mol. The largest absolute Gasteiger partial charge is 0.324 e. The van der Waals surface area contributed by atoms with Crippen LogP contribution in [0.15, 0.2) is 18.2 Å². The van der Waals surface area contributed by atoms with Crippen LogP contribution >= 0.6 is 0 Å². The summed E-state index contributed by atoms with van der Waals surface area (Å²) in [5.74, 6) is 0. The highest BCUT2D eigenvalue weighted by Gasteiger charge is 2.30. The third-order valence-corrected chi connectivity index (χ3v) is 3.84. The number of likely N-dealkylation sites (tertiary alicyclic amines) is 1. The minimum Gasteiger partial charge on any atom is -0.324 e. The van der Waals surface area contributed by atoms with Gasteiger partial charge in [-0.1, -0.05) is 23.8 Å². The van der Waals surface area contributed by atoms with E-state index in [0.717, 1.165) is 19.4 Å². The molecular formula is C15H24N2. The van der Waals surface area contributed by atoms with E-state index in [1.165, 1.54) is 29.7 Å². The summed E-state index contributed by atoms with van der Waals surface area (Å²) in [6.45, 7) is 6.54. The van der Waals surface area contributed by atoms with E-state index in [1.807, 2.05) is 0 Å². The van der Waals surface area contributed by atoms with Crippen LogP contribution in [0.1, 0.15) is 29.5 Å². The lowest BCUT2D eigenvalue weighted by Crippen LogP contribution is -2.54. The van der Waals surface area contributed by atoms with Gasteiger partial charge in [-0.05, 0) is 57.8 Å². The van der Waals surface area contributed by atoms with Crippen molar-refractivity contribution >= 4 is 0 Å². The fourth-order valence-electron chi connectivity index (χ4n) is 2.96. The first-order chi connectivity index (χ1) is 7.98. The van der Waals surface area contributed by atoms with Crippen LogP contribution in [0.5, 0.6) is 0 Å². The molecule has 2 nitrogen and oxygen atoms in total. The Morgan fingerprint density at radius 2 is 2.12 bits per heavy atom. The van der Waals surface area contributed by atoms with Crippen molar-refractivity contribution in [3.63, 3.8) is 0 Å². The highest BCUT2D eigenvalue weighted by Crippen LogP contribution is 2.24. The lowest BCUT2D eigenvalue weighted by Gasteiger charge is -2.39. The molecule has 0 bridgehead atoms. The van der Waals surface area contributed by atoms with Gasteiger partial charge in [0, 0.05) is 12.1 Å². The van der Waals surface area contributed by atoms with Crippen LogP contribution in [-0.2, 0) is 6.42 Å². The van der Waals surface area contributed by atoms with Crippen molar-refractivity contribution in [2.75, 3.05) is 20.1 Å². The Morgan fingerprint density at radius 1 is 1.35 bits per heavy atom. The van der Waals surface area contributed by atoms with Crippen molar-refractivity contribution in [2.24, 2.45) is 5.73 Å². The molecule has 0 amide bonds. The molecule has 2 heteroatoms. The first-order valence-electron chi connectivity index (χ1n) is 6.52. The quantitative estimate of drug-likeness (QED) is 0.847. The molecule has 0 aliphatic carbocycles. The first-order valence-corrected chi connectivity index (χ1v) is 6.52. The molecule has 1 aliphatic rings. The van der Waals surface area contributed by atoms with Crippen LogP contribution < -0.4 is 5.73 Å². The van der Waals surface area contributed by atoms with E-state index in [0.29, 0.717) is 0 Å². The number of nitrogens with two attached hydrogens (primary N) is 1. The molecule has 1 atom stereocenters. The van der Waals surface area contributed by atoms with Gasteiger partial charge in [0.15, 0.2) is 0 Å². The Bertz CT molecular complexity index is 400. The van der Waals surface area contributed by atoms with Crippen molar-refractivity contribution < 1.29 is 0 Å². The molecule has 1 aromatic carbocycles. The molecule has 1 heterocycles. The number of hydrogen-bond donors (Lipinski definition) is 1. The third kappa shape index (κ3) is 3.08. The maximum absolute atomic E-state index is 6.55. The molecule has 2 N–H and O–H groups in total. The average Bonchev–Trinajstić information content (AvgIpc) is 2.22. The van der Waals surface area contributed by atoms with Crippen LogP contribution in [0.3, 0.4) is 0 Å². The molecule has 0 spiro atoms. The van der Waals surface area contributed by atoms with Crippen molar-refractivity contribution in [3.05, 3.63) is 34.9 Å². The monoisotopic (exact) mass is 232 g/mol.